The summed E-state index contributed by atoms with van der Waals surface area (Å²) in [6.07, 6.45) is 1.79. The van der Waals surface area contributed by atoms with E-state index in [-0.39, 0.29) is 64.7 Å². The number of carbonyl (C=O) groups excluding carboxylic acids is 2. The summed E-state index contributed by atoms with van der Waals surface area (Å²) < 4.78 is 26.8. The summed E-state index contributed by atoms with van der Waals surface area (Å²) in [5.41, 5.74) is -0.132. The molecule has 9 nitrogen and oxygen atoms in total. The Morgan fingerprint density at radius 2 is 1.74 bits per heavy atom. The van der Waals surface area contributed by atoms with Gasteiger partial charge in [0.25, 0.3) is 0 Å². The first kappa shape index (κ1) is 25.4. The lowest BCUT2D eigenvalue weighted by molar-refractivity contribution is 0.0526. The minimum atomic E-state index is -0.805. The highest BCUT2D eigenvalue weighted by atomic mass is 16.5. The van der Waals surface area contributed by atoms with Gasteiger partial charge in [0.15, 0.2) is 17.3 Å². The Bertz CT molecular complexity index is 1350. The molecule has 0 saturated heterocycles. The topological polar surface area (TPSA) is 122 Å². The van der Waals surface area contributed by atoms with Crippen molar-refractivity contribution in [1.82, 2.24) is 0 Å². The van der Waals surface area contributed by atoms with Crippen molar-refractivity contribution in [2.24, 2.45) is 0 Å². The van der Waals surface area contributed by atoms with Crippen molar-refractivity contribution in [3.05, 3.63) is 63.8 Å². The molecule has 0 aliphatic carbocycles. The number of benzene rings is 2. The Balaban J connectivity index is 2.44. The molecule has 1 heterocycles. The molecule has 0 bridgehead atoms. The standard InChI is InChI=1S/C26H26O9/c1-6-9-15-16(10-11-18(31-4)21(15)27)23-24(32-5)22(28)20-17(26(30)34-8-3)12-14(13-19(20)35-23)25(29)33-7-2/h6,10-13,27H,1,7-9H2,2-5H3. The molecule has 0 aliphatic rings. The molecule has 0 spiro atoms. The molecule has 0 fully saturated rings. The molecule has 0 unspecified atom stereocenters. The van der Waals surface area contributed by atoms with Gasteiger partial charge in [-0.1, -0.05) is 6.08 Å². The fraction of sp³-hybridized carbons (Fsp3) is 0.269. The number of phenolic OH excluding ortho intramolecular Hbond substituents is 1. The second-order valence-corrected chi connectivity index (χ2v) is 7.27. The number of hydrogen-bond acceptors (Lipinski definition) is 9. The number of allylic oxidation sites excluding steroid dienone is 1. The van der Waals surface area contributed by atoms with Gasteiger partial charge in [-0.15, -0.1) is 6.58 Å². The smallest absolute Gasteiger partial charge is 0.339 e. The third-order valence-corrected chi connectivity index (χ3v) is 5.22. The van der Waals surface area contributed by atoms with Gasteiger partial charge in [0.05, 0.1) is 43.9 Å². The second kappa shape index (κ2) is 10.8. The maximum Gasteiger partial charge on any atom is 0.339 e. The van der Waals surface area contributed by atoms with E-state index >= 15 is 0 Å². The number of methoxy groups -OCH3 is 2. The van der Waals surface area contributed by atoms with E-state index in [2.05, 4.69) is 6.58 Å². The lowest BCUT2D eigenvalue weighted by Gasteiger charge is -2.16. The summed E-state index contributed by atoms with van der Waals surface area (Å²) in [6, 6.07) is 5.67. The molecule has 0 atom stereocenters. The summed E-state index contributed by atoms with van der Waals surface area (Å²) >= 11 is 0. The SMILES string of the molecule is C=CCc1c(-c2oc3cc(C(=O)OCC)cc(C(=O)OCC)c3c(=O)c2OC)ccc(OC)c1O. The van der Waals surface area contributed by atoms with Gasteiger partial charge < -0.3 is 28.5 Å². The van der Waals surface area contributed by atoms with Crippen LogP contribution in [0.3, 0.4) is 0 Å². The molecule has 3 aromatic rings. The lowest BCUT2D eigenvalue weighted by atomic mass is 9.98. The predicted octanol–water partition coefficient (Wildman–Crippen LogP) is 4.26. The van der Waals surface area contributed by atoms with Crippen LogP contribution in [-0.4, -0.2) is 44.5 Å². The van der Waals surface area contributed by atoms with E-state index in [4.69, 9.17) is 23.4 Å². The number of fused-ring (bicyclic) bond motifs is 1. The van der Waals surface area contributed by atoms with Crippen molar-refractivity contribution < 1.29 is 38.1 Å². The van der Waals surface area contributed by atoms with Crippen LogP contribution in [0, 0.1) is 0 Å². The molecule has 3 rings (SSSR count). The number of phenols is 1. The molecule has 0 radical (unpaired) electrons. The fourth-order valence-corrected chi connectivity index (χ4v) is 3.71. The van der Waals surface area contributed by atoms with E-state index in [1.54, 1.807) is 26.0 Å². The van der Waals surface area contributed by atoms with Crippen molar-refractivity contribution in [2.75, 3.05) is 27.4 Å². The summed E-state index contributed by atoms with van der Waals surface area (Å²) in [7, 11) is 2.70. The van der Waals surface area contributed by atoms with Gasteiger partial charge in [-0.25, -0.2) is 9.59 Å². The minimum Gasteiger partial charge on any atom is -0.504 e. The van der Waals surface area contributed by atoms with Crippen LogP contribution in [0.15, 0.2) is 46.1 Å². The largest absolute Gasteiger partial charge is 0.504 e. The van der Waals surface area contributed by atoms with Crippen LogP contribution in [0.25, 0.3) is 22.3 Å². The number of hydrogen-bond donors (Lipinski definition) is 1. The van der Waals surface area contributed by atoms with Gasteiger partial charge in [-0.3, -0.25) is 4.79 Å². The molecular formula is C26H26O9. The summed E-state index contributed by atoms with van der Waals surface area (Å²) in [5.74, 6) is -1.63. The number of aromatic hydroxyl groups is 1. The number of esters is 2. The van der Waals surface area contributed by atoms with Crippen LogP contribution < -0.4 is 14.9 Å². The molecule has 0 amide bonds. The number of carbonyl (C=O) groups is 2. The van der Waals surface area contributed by atoms with Crippen LogP contribution >= 0.6 is 0 Å². The van der Waals surface area contributed by atoms with Crippen LogP contribution in [0.1, 0.15) is 40.1 Å². The molecule has 1 N–H and O–H groups in total. The maximum absolute atomic E-state index is 13.6. The van der Waals surface area contributed by atoms with E-state index in [1.807, 2.05) is 0 Å². The van der Waals surface area contributed by atoms with Gasteiger partial charge in [0.2, 0.25) is 11.2 Å². The van der Waals surface area contributed by atoms with Crippen LogP contribution in [-0.2, 0) is 15.9 Å². The Kier molecular flexibility index (Phi) is 7.80. The average molecular weight is 482 g/mol. The molecular weight excluding hydrogens is 456 g/mol. The monoisotopic (exact) mass is 482 g/mol. The molecule has 0 aliphatic heterocycles. The van der Waals surface area contributed by atoms with E-state index in [0.717, 1.165) is 0 Å². The zero-order valence-corrected chi connectivity index (χ0v) is 19.9. The van der Waals surface area contributed by atoms with E-state index in [0.29, 0.717) is 11.1 Å². The molecule has 2 aromatic carbocycles. The van der Waals surface area contributed by atoms with Crippen molar-refractivity contribution in [3.63, 3.8) is 0 Å². The number of ether oxygens (including phenoxy) is 4. The van der Waals surface area contributed by atoms with Crippen LogP contribution in [0.4, 0.5) is 0 Å². The molecule has 184 valence electrons. The van der Waals surface area contributed by atoms with Gasteiger partial charge >= 0.3 is 11.9 Å². The minimum absolute atomic E-state index is 0.00405. The summed E-state index contributed by atoms with van der Waals surface area (Å²) in [6.45, 7) is 7.15. The van der Waals surface area contributed by atoms with Crippen LogP contribution in [0.5, 0.6) is 17.2 Å². The second-order valence-electron chi connectivity index (χ2n) is 7.27. The maximum atomic E-state index is 13.6. The zero-order chi connectivity index (χ0) is 25.7. The highest BCUT2D eigenvalue weighted by molar-refractivity contribution is 6.07. The third-order valence-electron chi connectivity index (χ3n) is 5.22. The highest BCUT2D eigenvalue weighted by Gasteiger charge is 2.27. The van der Waals surface area contributed by atoms with Gasteiger partial charge in [0, 0.05) is 11.1 Å². The van der Waals surface area contributed by atoms with E-state index < -0.39 is 17.4 Å². The van der Waals surface area contributed by atoms with E-state index in [1.165, 1.54) is 32.4 Å². The lowest BCUT2D eigenvalue weighted by Crippen LogP contribution is -2.16. The highest BCUT2D eigenvalue weighted by Crippen LogP contribution is 2.41. The summed E-state index contributed by atoms with van der Waals surface area (Å²) in [4.78, 5) is 38.7. The van der Waals surface area contributed by atoms with Crippen molar-refractivity contribution >= 4 is 22.9 Å². The molecule has 35 heavy (non-hydrogen) atoms. The Hall–Kier alpha value is -4.27. The molecule has 9 heteroatoms. The third kappa shape index (κ3) is 4.70. The van der Waals surface area contributed by atoms with Gasteiger partial charge in [-0.05, 0) is 44.5 Å². The zero-order valence-electron chi connectivity index (χ0n) is 19.9. The van der Waals surface area contributed by atoms with Crippen molar-refractivity contribution in [3.8, 4) is 28.6 Å². The first-order valence-corrected chi connectivity index (χ1v) is 10.9. The van der Waals surface area contributed by atoms with Crippen LogP contribution in [0.2, 0.25) is 0 Å². The Morgan fingerprint density at radius 1 is 1.06 bits per heavy atom. The van der Waals surface area contributed by atoms with E-state index in [9.17, 15) is 19.5 Å². The quantitative estimate of drug-likeness (QED) is 0.352. The molecule has 1 aromatic heterocycles. The normalized spacial score (nSPS) is 10.6. The fourth-order valence-electron chi connectivity index (χ4n) is 3.71. The van der Waals surface area contributed by atoms with Crippen molar-refractivity contribution in [1.29, 1.82) is 0 Å². The predicted molar refractivity (Wildman–Crippen MR) is 129 cm³/mol. The molecule has 0 saturated carbocycles. The Morgan fingerprint density at radius 3 is 2.34 bits per heavy atom. The number of rotatable bonds is 9. The van der Waals surface area contributed by atoms with Crippen molar-refractivity contribution in [2.45, 2.75) is 20.3 Å². The first-order chi connectivity index (χ1) is 16.8. The first-order valence-electron chi connectivity index (χ1n) is 10.9. The Labute approximate surface area is 201 Å². The van der Waals surface area contributed by atoms with Gasteiger partial charge in [0.1, 0.15) is 5.58 Å². The van der Waals surface area contributed by atoms with Gasteiger partial charge in [-0.2, -0.15) is 0 Å². The summed E-state index contributed by atoms with van der Waals surface area (Å²) in [5, 5.41) is 10.6. The average Bonchev–Trinajstić information content (AvgIpc) is 2.84.